The first-order valence-electron chi connectivity index (χ1n) is 10.0. The lowest BCUT2D eigenvalue weighted by Gasteiger charge is -2.18. The quantitative estimate of drug-likeness (QED) is 0.383. The number of rotatable bonds is 9. The van der Waals surface area contributed by atoms with Crippen molar-refractivity contribution in [3.8, 4) is 0 Å². The van der Waals surface area contributed by atoms with Gasteiger partial charge >= 0.3 is 0 Å². The molecule has 1 aromatic rings. The van der Waals surface area contributed by atoms with Crippen molar-refractivity contribution in [1.82, 2.24) is 14.9 Å². The average molecular weight is 395 g/mol. The molecule has 0 aromatic heterocycles. The van der Waals surface area contributed by atoms with Gasteiger partial charge in [-0.05, 0) is 43.9 Å². The molecule has 1 heterocycles. The van der Waals surface area contributed by atoms with Gasteiger partial charge in [0.2, 0.25) is 10.0 Å². The van der Waals surface area contributed by atoms with Gasteiger partial charge in [-0.1, -0.05) is 38.3 Å². The van der Waals surface area contributed by atoms with Crippen LogP contribution in [0.15, 0.2) is 34.2 Å². The summed E-state index contributed by atoms with van der Waals surface area (Å²) in [6.07, 6.45) is 6.72. The Morgan fingerprint density at radius 3 is 2.44 bits per heavy atom. The first-order valence-corrected chi connectivity index (χ1v) is 11.5. The number of guanidine groups is 1. The highest BCUT2D eigenvalue weighted by Crippen LogP contribution is 2.21. The van der Waals surface area contributed by atoms with Gasteiger partial charge in [-0.15, -0.1) is 0 Å². The molecular weight excluding hydrogens is 360 g/mol. The first kappa shape index (κ1) is 21.7. The zero-order valence-corrected chi connectivity index (χ0v) is 17.7. The highest BCUT2D eigenvalue weighted by molar-refractivity contribution is 7.89. The van der Waals surface area contributed by atoms with Gasteiger partial charge in [0.15, 0.2) is 5.96 Å². The number of benzene rings is 1. The van der Waals surface area contributed by atoms with E-state index in [0.717, 1.165) is 30.8 Å². The lowest BCUT2D eigenvalue weighted by molar-refractivity contribution is 0.477. The third-order valence-corrected chi connectivity index (χ3v) is 6.85. The van der Waals surface area contributed by atoms with Gasteiger partial charge in [0.1, 0.15) is 0 Å². The highest BCUT2D eigenvalue weighted by Gasteiger charge is 2.26. The van der Waals surface area contributed by atoms with E-state index >= 15 is 0 Å². The number of nitrogens with zero attached hydrogens (tertiary/aromatic N) is 2. The van der Waals surface area contributed by atoms with Crippen LogP contribution in [0, 0.1) is 0 Å². The largest absolute Gasteiger partial charge is 0.354 e. The van der Waals surface area contributed by atoms with Gasteiger partial charge < -0.3 is 10.6 Å². The zero-order valence-electron chi connectivity index (χ0n) is 16.9. The molecule has 7 heteroatoms. The fourth-order valence-electron chi connectivity index (χ4n) is 3.24. The maximum absolute atomic E-state index is 12.6. The molecule has 1 aliphatic heterocycles. The summed E-state index contributed by atoms with van der Waals surface area (Å²) in [5.41, 5.74) is 1.02. The lowest BCUT2D eigenvalue weighted by Crippen LogP contribution is -2.41. The maximum Gasteiger partial charge on any atom is 0.243 e. The minimum atomic E-state index is -3.34. The minimum Gasteiger partial charge on any atom is -0.354 e. The minimum absolute atomic E-state index is 0.371. The van der Waals surface area contributed by atoms with Gasteiger partial charge in [-0.25, -0.2) is 8.42 Å². The second-order valence-corrected chi connectivity index (χ2v) is 9.16. The van der Waals surface area contributed by atoms with E-state index in [9.17, 15) is 8.42 Å². The summed E-state index contributed by atoms with van der Waals surface area (Å²) in [6.45, 7) is 6.24. The van der Waals surface area contributed by atoms with Crippen LogP contribution in [0.2, 0.25) is 0 Å². The number of sulfonamides is 1. The predicted molar refractivity (Wildman–Crippen MR) is 111 cm³/mol. The van der Waals surface area contributed by atoms with Crippen LogP contribution in [0.25, 0.3) is 0 Å². The van der Waals surface area contributed by atoms with Crippen LogP contribution in [0.1, 0.15) is 57.9 Å². The van der Waals surface area contributed by atoms with E-state index < -0.39 is 10.0 Å². The van der Waals surface area contributed by atoms with Crippen LogP contribution in [0.4, 0.5) is 0 Å². The van der Waals surface area contributed by atoms with Crippen molar-refractivity contribution in [3.63, 3.8) is 0 Å². The van der Waals surface area contributed by atoms with Crippen LogP contribution in [-0.2, 0) is 16.6 Å². The zero-order chi connectivity index (χ0) is 19.7. The molecule has 6 nitrogen and oxygen atoms in total. The summed E-state index contributed by atoms with van der Waals surface area (Å²) in [6, 6.07) is 7.51. The Morgan fingerprint density at radius 1 is 1.19 bits per heavy atom. The van der Waals surface area contributed by atoms with E-state index in [4.69, 9.17) is 0 Å². The summed E-state index contributed by atoms with van der Waals surface area (Å²) in [7, 11) is -1.58. The monoisotopic (exact) mass is 394 g/mol. The van der Waals surface area contributed by atoms with Crippen molar-refractivity contribution in [2.45, 2.75) is 69.9 Å². The molecular formula is C20H34N4O2S. The molecule has 1 saturated heterocycles. The summed E-state index contributed by atoms with van der Waals surface area (Å²) in [5.74, 6) is 0.771. The number of hydrogen-bond acceptors (Lipinski definition) is 3. The van der Waals surface area contributed by atoms with Crippen LogP contribution in [0.5, 0.6) is 0 Å². The summed E-state index contributed by atoms with van der Waals surface area (Å²) < 4.78 is 26.7. The molecule has 0 bridgehead atoms. The molecule has 2 rings (SSSR count). The maximum atomic E-state index is 12.6. The molecule has 152 valence electrons. The molecule has 1 aromatic carbocycles. The third kappa shape index (κ3) is 6.50. The van der Waals surface area contributed by atoms with E-state index in [1.165, 1.54) is 19.3 Å². The molecule has 1 unspecified atom stereocenters. The van der Waals surface area contributed by atoms with Crippen LogP contribution >= 0.6 is 0 Å². The van der Waals surface area contributed by atoms with E-state index in [1.54, 1.807) is 23.5 Å². The Balaban J connectivity index is 1.86. The second kappa shape index (κ2) is 10.7. The van der Waals surface area contributed by atoms with E-state index in [0.29, 0.717) is 30.6 Å². The normalized spacial score (nSPS) is 17.1. The molecule has 0 spiro atoms. The molecule has 0 radical (unpaired) electrons. The van der Waals surface area contributed by atoms with Crippen molar-refractivity contribution in [3.05, 3.63) is 29.8 Å². The Labute approximate surface area is 164 Å². The van der Waals surface area contributed by atoms with Gasteiger partial charge in [-0.3, -0.25) is 4.99 Å². The second-order valence-electron chi connectivity index (χ2n) is 7.22. The Hall–Kier alpha value is -1.60. The fraction of sp³-hybridized carbons (Fsp3) is 0.650. The molecule has 27 heavy (non-hydrogen) atoms. The third-order valence-electron chi connectivity index (χ3n) is 4.93. The van der Waals surface area contributed by atoms with Crippen LogP contribution in [-0.4, -0.2) is 44.9 Å². The number of nitrogens with one attached hydrogen (secondary N) is 2. The van der Waals surface area contributed by atoms with E-state index in [-0.39, 0.29) is 0 Å². The smallest absolute Gasteiger partial charge is 0.243 e. The topological polar surface area (TPSA) is 73.8 Å². The molecule has 0 amide bonds. The molecule has 1 fully saturated rings. The van der Waals surface area contributed by atoms with Gasteiger partial charge in [0, 0.05) is 32.7 Å². The van der Waals surface area contributed by atoms with Crippen LogP contribution in [0.3, 0.4) is 0 Å². The lowest BCUT2D eigenvalue weighted by atomic mass is 10.1. The number of unbranched alkanes of at least 4 members (excludes halogenated alkanes) is 2. The number of hydrogen-bond donors (Lipinski definition) is 2. The summed E-state index contributed by atoms with van der Waals surface area (Å²) >= 11 is 0. The van der Waals surface area contributed by atoms with Gasteiger partial charge in [0.25, 0.3) is 0 Å². The fourth-order valence-corrected chi connectivity index (χ4v) is 4.76. The molecule has 1 aliphatic rings. The van der Waals surface area contributed by atoms with Crippen LogP contribution < -0.4 is 10.6 Å². The van der Waals surface area contributed by atoms with Crippen molar-refractivity contribution >= 4 is 16.0 Å². The SMILES string of the molecule is CCCCCC(C)NC(=NC)NCc1ccc(S(=O)(=O)N2CCCC2)cc1. The molecule has 1 atom stereocenters. The van der Waals surface area contributed by atoms with Crippen molar-refractivity contribution < 1.29 is 8.42 Å². The highest BCUT2D eigenvalue weighted by atomic mass is 32.2. The van der Waals surface area contributed by atoms with Crippen molar-refractivity contribution in [2.24, 2.45) is 4.99 Å². The number of aliphatic imine (C=N–C) groups is 1. The summed E-state index contributed by atoms with van der Waals surface area (Å²) in [4.78, 5) is 4.65. The van der Waals surface area contributed by atoms with Gasteiger partial charge in [0.05, 0.1) is 4.90 Å². The Kier molecular flexibility index (Phi) is 8.57. The molecule has 0 aliphatic carbocycles. The Morgan fingerprint density at radius 2 is 1.85 bits per heavy atom. The first-order chi connectivity index (χ1) is 13.0. The molecule has 0 saturated carbocycles. The Bertz CT molecular complexity index is 695. The standard InChI is InChI=1S/C20H34N4O2S/c1-4-5-6-9-17(2)23-20(21-3)22-16-18-10-12-19(13-11-18)27(25,26)24-14-7-8-15-24/h10-13,17H,4-9,14-16H2,1-3H3,(H2,21,22,23). The predicted octanol–water partition coefficient (Wildman–Crippen LogP) is 3.10. The summed E-state index contributed by atoms with van der Waals surface area (Å²) in [5, 5.41) is 6.70. The van der Waals surface area contributed by atoms with Crippen molar-refractivity contribution in [1.29, 1.82) is 0 Å². The van der Waals surface area contributed by atoms with E-state index in [1.807, 2.05) is 12.1 Å². The van der Waals surface area contributed by atoms with E-state index in [2.05, 4.69) is 29.5 Å². The van der Waals surface area contributed by atoms with Gasteiger partial charge in [-0.2, -0.15) is 4.31 Å². The van der Waals surface area contributed by atoms with Crippen molar-refractivity contribution in [2.75, 3.05) is 20.1 Å². The average Bonchev–Trinajstić information content (AvgIpc) is 3.21. The molecule has 2 N–H and O–H groups in total.